The molecule has 3 aromatic rings. The highest BCUT2D eigenvalue weighted by molar-refractivity contribution is 6.30. The molecule has 1 aliphatic heterocycles. The maximum atomic E-state index is 13.1. The number of hydrogen-bond acceptors (Lipinski definition) is 4. The van der Waals surface area contributed by atoms with E-state index in [1.165, 1.54) is 0 Å². The number of nitrogens with zero attached hydrogens (tertiary/aromatic N) is 5. The van der Waals surface area contributed by atoms with Gasteiger partial charge < -0.3 is 4.90 Å². The van der Waals surface area contributed by atoms with Gasteiger partial charge in [0.15, 0.2) is 5.65 Å². The fourth-order valence-corrected chi connectivity index (χ4v) is 2.19. The zero-order valence-electron chi connectivity index (χ0n) is 30.9. The first-order valence-electron chi connectivity index (χ1n) is 16.2. The molecule has 0 spiro atoms. The maximum Gasteiger partial charge on any atom is 0.350 e. The summed E-state index contributed by atoms with van der Waals surface area (Å²) in [6.07, 6.45) is -5.04. The average molecular weight is 390 g/mol. The Bertz CT molecular complexity index is 1710. The van der Waals surface area contributed by atoms with Crippen molar-refractivity contribution >= 4 is 22.9 Å². The molecule has 7 heteroatoms. The molecule has 2 aromatic heterocycles. The Morgan fingerprint density at radius 1 is 1.19 bits per heavy atom. The van der Waals surface area contributed by atoms with Gasteiger partial charge in [0, 0.05) is 66.9 Å². The Balaban J connectivity index is 1.85. The third kappa shape index (κ3) is 3.61. The van der Waals surface area contributed by atoms with Crippen LogP contribution in [0, 0.1) is 0 Å². The molecule has 0 amide bonds. The van der Waals surface area contributed by atoms with Gasteiger partial charge in [-0.3, -0.25) is 9.30 Å². The van der Waals surface area contributed by atoms with Gasteiger partial charge >= 0.3 is 5.69 Å². The Labute approximate surface area is 182 Å². The summed E-state index contributed by atoms with van der Waals surface area (Å²) in [4.78, 5) is 13.7. The zero-order chi connectivity index (χ0) is 33.9. The van der Waals surface area contributed by atoms with Gasteiger partial charge in [-0.25, -0.2) is 9.48 Å². The molecular weight excluding hydrogens is 350 g/mol. The van der Waals surface area contributed by atoms with Crippen molar-refractivity contribution in [3.63, 3.8) is 0 Å². The minimum absolute atomic E-state index is 0.229. The van der Waals surface area contributed by atoms with E-state index in [-0.39, 0.29) is 14.0 Å². The second-order valence-electron chi connectivity index (χ2n) is 4.86. The van der Waals surface area contributed by atoms with E-state index < -0.39 is 116 Å². The van der Waals surface area contributed by atoms with Crippen molar-refractivity contribution in [2.75, 3.05) is 37.5 Å². The summed E-state index contributed by atoms with van der Waals surface area (Å²) in [5, 5.41) is 2.93. The van der Waals surface area contributed by atoms with Crippen LogP contribution in [0.4, 0.5) is 5.69 Å². The first-order chi connectivity index (χ1) is 19.8. The molecule has 1 aromatic carbocycles. The maximum absolute atomic E-state index is 13.1. The molecule has 0 radical (unpaired) electrons. The Morgan fingerprint density at radius 2 is 2.04 bits per heavy atom. The van der Waals surface area contributed by atoms with Crippen molar-refractivity contribution in [2.24, 2.45) is 0 Å². The molecule has 3 heterocycles. The fourth-order valence-electron chi connectivity index (χ4n) is 2.06. The molecule has 136 valence electrons. The molecule has 0 N–H and O–H groups in total. The van der Waals surface area contributed by atoms with Crippen LogP contribution in [0.15, 0.2) is 53.3 Å². The minimum atomic E-state index is -4.05. The van der Waals surface area contributed by atoms with Crippen molar-refractivity contribution in [3.8, 4) is 0 Å². The van der Waals surface area contributed by atoms with Crippen LogP contribution in [-0.4, -0.2) is 51.7 Å². The van der Waals surface area contributed by atoms with Gasteiger partial charge in [0.1, 0.15) is 0 Å². The van der Waals surface area contributed by atoms with Crippen LogP contribution in [0.5, 0.6) is 0 Å². The predicted octanol–water partition coefficient (Wildman–Crippen LogP) is 2.36. The third-order valence-corrected chi connectivity index (χ3v) is 3.44. The number of aryl methyl sites for hydroxylation is 1. The van der Waals surface area contributed by atoms with Gasteiger partial charge in [-0.05, 0) is 36.6 Å². The predicted molar refractivity (Wildman–Crippen MR) is 104 cm³/mol. The topological polar surface area (TPSA) is 45.8 Å². The molecule has 0 aliphatic carbocycles. The van der Waals surface area contributed by atoms with Crippen LogP contribution >= 0.6 is 11.6 Å². The monoisotopic (exact) mass is 389 g/mol. The van der Waals surface area contributed by atoms with Crippen molar-refractivity contribution in [3.05, 3.63) is 64.0 Å². The number of benzene rings is 1. The van der Waals surface area contributed by atoms with Crippen molar-refractivity contribution < 1.29 is 24.7 Å². The lowest BCUT2D eigenvalue weighted by Crippen LogP contribution is -2.46. The summed E-state index contributed by atoms with van der Waals surface area (Å²) in [5.74, 6) is 0. The summed E-state index contributed by atoms with van der Waals surface area (Å²) >= 11 is 5.94. The summed E-state index contributed by atoms with van der Waals surface area (Å²) < 4.78 is 149. The SMILES string of the molecule is [2H]c1c([2H])c(Cl)c([2H])c(N2CC([2H])([2H])N(C([2H])([2H])C([2H])([2H])C([2H])([2H])n3nc4c([2H])c([2H])c([2H])c([2H])n4c3=O)C([2H])([2H])C2)c1[2H]. The number of fused-ring (bicyclic) bond motifs is 1. The summed E-state index contributed by atoms with van der Waals surface area (Å²) in [6, 6.07) is -5.51. The van der Waals surface area contributed by atoms with Gasteiger partial charge in [0.05, 0.1) is 13.7 Å². The van der Waals surface area contributed by atoms with E-state index in [1.54, 1.807) is 0 Å². The third-order valence-electron chi connectivity index (χ3n) is 3.25. The number of hydrogen-bond donors (Lipinski definition) is 0. The highest BCUT2D eigenvalue weighted by Crippen LogP contribution is 2.20. The molecule has 4 rings (SSSR count). The highest BCUT2D eigenvalue weighted by atomic mass is 35.5. The Morgan fingerprint density at radius 3 is 2.88 bits per heavy atom. The van der Waals surface area contributed by atoms with Crippen molar-refractivity contribution in [2.45, 2.75) is 12.9 Å². The lowest BCUT2D eigenvalue weighted by molar-refractivity contribution is 0.248. The molecule has 1 saturated heterocycles. The van der Waals surface area contributed by atoms with Crippen LogP contribution in [0.3, 0.4) is 0 Å². The van der Waals surface area contributed by atoms with Gasteiger partial charge in [-0.1, -0.05) is 23.7 Å². The van der Waals surface area contributed by atoms with Gasteiger partial charge in [0.25, 0.3) is 0 Å². The van der Waals surface area contributed by atoms with E-state index in [4.69, 9.17) is 36.3 Å². The number of pyridine rings is 1. The highest BCUT2D eigenvalue weighted by Gasteiger charge is 2.17. The summed E-state index contributed by atoms with van der Waals surface area (Å²) in [5.41, 5.74) is -2.98. The van der Waals surface area contributed by atoms with E-state index in [0.717, 1.165) is 4.90 Å². The minimum Gasteiger partial charge on any atom is -0.369 e. The second kappa shape index (κ2) is 7.51. The van der Waals surface area contributed by atoms with Gasteiger partial charge in [-0.2, -0.15) is 0 Å². The van der Waals surface area contributed by atoms with E-state index >= 15 is 0 Å². The normalized spacial score (nSPS) is 31.2. The molecule has 0 saturated carbocycles. The summed E-state index contributed by atoms with van der Waals surface area (Å²) in [7, 11) is 0. The van der Waals surface area contributed by atoms with Crippen LogP contribution in [-0.2, 0) is 6.50 Å². The molecule has 0 unspecified atom stereocenters. The van der Waals surface area contributed by atoms with E-state index in [2.05, 4.69) is 5.10 Å². The zero-order valence-corrected chi connectivity index (χ0v) is 13.7. The van der Waals surface area contributed by atoms with Crippen LogP contribution in [0.1, 0.15) is 31.0 Å². The van der Waals surface area contributed by atoms with Gasteiger partial charge in [0.2, 0.25) is 0 Å². The van der Waals surface area contributed by atoms with E-state index in [9.17, 15) is 4.79 Å². The molecule has 6 nitrogen and oxygen atoms in total. The van der Waals surface area contributed by atoms with E-state index in [1.807, 2.05) is 0 Å². The lowest BCUT2D eigenvalue weighted by atomic mass is 10.2. The fraction of sp³-hybridized carbons (Fsp3) is 0.368. The van der Waals surface area contributed by atoms with Crippen molar-refractivity contribution in [1.82, 2.24) is 19.1 Å². The molecule has 26 heavy (non-hydrogen) atoms. The first kappa shape index (κ1) is 6.11. The molecule has 0 bridgehead atoms. The van der Waals surface area contributed by atoms with Crippen LogP contribution < -0.4 is 10.6 Å². The number of anilines is 1. The molecular formula is C19H22ClN5O. The molecule has 0 atom stereocenters. The number of aromatic nitrogens is 3. The Kier molecular flexibility index (Phi) is 1.76. The smallest absolute Gasteiger partial charge is 0.350 e. The van der Waals surface area contributed by atoms with Crippen LogP contribution in [0.2, 0.25) is 5.02 Å². The standard InChI is InChI=1S/C19H22ClN5O/c20-16-5-3-6-17(15-16)23-13-11-22(12-14-23)8-4-10-25-19(26)24-9-2-1-7-18(24)21-25/h1-3,5-7,9,15H,4,8,10-14H2/i1D,2D,3D,4D2,5D,6D,7D,8D2,9D,10D2,11D2,12D2,15D. The molecule has 1 fully saturated rings. The Hall–Kier alpha value is -2.31. The average Bonchev–Trinajstić information content (AvgIpc) is 3.24. The summed E-state index contributed by atoms with van der Waals surface area (Å²) in [6.45, 7) is -16.4. The largest absolute Gasteiger partial charge is 0.369 e. The number of halogens is 1. The first-order valence-corrected chi connectivity index (χ1v) is 7.55. The number of piperazine rings is 1. The quantitative estimate of drug-likeness (QED) is 0.672. The van der Waals surface area contributed by atoms with Crippen LogP contribution in [0.25, 0.3) is 5.65 Å². The second-order valence-corrected chi connectivity index (χ2v) is 5.24. The van der Waals surface area contributed by atoms with E-state index in [0.29, 0.717) is 0 Å². The lowest BCUT2D eigenvalue weighted by Gasteiger charge is -2.36. The number of rotatable bonds is 5. The van der Waals surface area contributed by atoms with Gasteiger partial charge in [-0.15, -0.1) is 5.10 Å². The van der Waals surface area contributed by atoms with Crippen molar-refractivity contribution in [1.29, 1.82) is 0 Å². The molecule has 1 aliphatic rings.